The second-order valence-electron chi connectivity index (χ2n) is 14.5. The van der Waals surface area contributed by atoms with Crippen molar-refractivity contribution in [3.05, 3.63) is 64.7 Å². The van der Waals surface area contributed by atoms with Crippen LogP contribution in [-0.4, -0.2) is 77.9 Å². The number of benzene rings is 2. The van der Waals surface area contributed by atoms with Gasteiger partial charge < -0.3 is 37.0 Å². The van der Waals surface area contributed by atoms with Crippen molar-refractivity contribution in [2.24, 2.45) is 17.8 Å². The molecule has 0 unspecified atom stereocenters. The average Bonchev–Trinajstić information content (AvgIpc) is 3.14. The molecule has 6 atom stereocenters. The summed E-state index contributed by atoms with van der Waals surface area (Å²) in [5.41, 5.74) is -0.806. The molecule has 0 heterocycles. The highest BCUT2D eigenvalue weighted by molar-refractivity contribution is 5.99. The quantitative estimate of drug-likeness (QED) is 0.0740. The van der Waals surface area contributed by atoms with Crippen molar-refractivity contribution < 1.29 is 46.6 Å². The van der Waals surface area contributed by atoms with Crippen LogP contribution in [0.25, 0.3) is 0 Å². The van der Waals surface area contributed by atoms with E-state index in [4.69, 9.17) is 0 Å². The van der Waals surface area contributed by atoms with Crippen molar-refractivity contribution in [2.45, 2.75) is 111 Å². The summed E-state index contributed by atoms with van der Waals surface area (Å²) < 4.78 is 57.3. The Morgan fingerprint density at radius 1 is 0.709 bits per heavy atom. The van der Waals surface area contributed by atoms with Gasteiger partial charge in [0.15, 0.2) is 17.4 Å². The van der Waals surface area contributed by atoms with Crippen molar-refractivity contribution in [1.29, 1.82) is 0 Å². The lowest BCUT2D eigenvalue weighted by atomic mass is 9.96. The zero-order valence-corrected chi connectivity index (χ0v) is 32.7. The minimum Gasteiger partial charge on any atom is -0.503 e. The van der Waals surface area contributed by atoms with Gasteiger partial charge in [0, 0.05) is 19.1 Å². The molecule has 0 aliphatic carbocycles. The topological polar surface area (TPSA) is 178 Å². The van der Waals surface area contributed by atoms with Crippen LogP contribution in [0.3, 0.4) is 0 Å². The number of rotatable bonds is 21. The summed E-state index contributed by atoms with van der Waals surface area (Å²) in [5, 5.41) is 25.7. The number of aryl methyl sites for hydroxylation is 1. The third-order valence-electron chi connectivity index (χ3n) is 9.21. The van der Waals surface area contributed by atoms with E-state index in [1.165, 1.54) is 0 Å². The van der Waals surface area contributed by atoms with Gasteiger partial charge in [0.25, 0.3) is 5.91 Å². The first kappa shape index (κ1) is 46.4. The molecular formula is C39H56F4N6O6. The number of hydrogen-bond donors (Lipinski definition) is 7. The highest BCUT2D eigenvalue weighted by Crippen LogP contribution is 2.29. The highest BCUT2D eigenvalue weighted by Gasteiger charge is 2.35. The molecule has 12 nitrogen and oxygen atoms in total. The van der Waals surface area contributed by atoms with Crippen LogP contribution in [0.1, 0.15) is 90.6 Å². The van der Waals surface area contributed by atoms with Gasteiger partial charge in [0.2, 0.25) is 35.3 Å². The van der Waals surface area contributed by atoms with E-state index in [2.05, 4.69) is 31.9 Å². The van der Waals surface area contributed by atoms with Gasteiger partial charge in [-0.2, -0.15) is 8.78 Å². The second-order valence-corrected chi connectivity index (χ2v) is 14.5. The summed E-state index contributed by atoms with van der Waals surface area (Å²) in [5.74, 6) is -15.2. The maximum Gasteiger partial charge on any atom is 0.258 e. The molecule has 0 spiro atoms. The molecule has 0 aliphatic rings. The Morgan fingerprint density at radius 3 is 1.84 bits per heavy atom. The Bertz CT molecular complexity index is 1600. The fourth-order valence-corrected chi connectivity index (χ4v) is 5.79. The summed E-state index contributed by atoms with van der Waals surface area (Å²) in [7, 11) is 0. The van der Waals surface area contributed by atoms with Crippen LogP contribution in [0.5, 0.6) is 5.75 Å². The standard InChI is InChI=1S/C39H56F4N6O6/c1-9-22(7)33(49-37(53)27-28(40)30(42)34(50)31(43)29(27)41)39(55)47-26(17-16-24-14-12-11-13-15-24)36(52)46-25(18-20(3)4)19-45-23(8)35(51)48-32(21(5)6)38(54)44-10-2/h11-15,20-23,25-26,32-33,45,50H,9-10,16-19H2,1-8H3,(H,44,54)(H,46,52)(H,47,55)(H,48,51)(H,49,53)/t22-,23-,25-,26-,32-,33-/m0/s1. The minimum absolute atomic E-state index is 0.0945. The number of likely N-dealkylation sites (N-methyl/N-ethyl adjacent to an activating group) is 1. The number of phenols is 1. The number of amides is 5. The van der Waals surface area contributed by atoms with Crippen molar-refractivity contribution in [1.82, 2.24) is 31.9 Å². The molecule has 2 rings (SSSR count). The fourth-order valence-electron chi connectivity index (χ4n) is 5.79. The molecule has 5 amide bonds. The molecular weight excluding hydrogens is 724 g/mol. The summed E-state index contributed by atoms with van der Waals surface area (Å²) >= 11 is 0. The third kappa shape index (κ3) is 13.5. The number of hydrogen-bond acceptors (Lipinski definition) is 7. The lowest BCUT2D eigenvalue weighted by molar-refractivity contribution is -0.131. The van der Waals surface area contributed by atoms with Crippen molar-refractivity contribution >= 4 is 29.5 Å². The highest BCUT2D eigenvalue weighted by atomic mass is 19.2. The van der Waals surface area contributed by atoms with E-state index in [9.17, 15) is 46.6 Å². The number of halogens is 4. The number of carbonyl (C=O) groups is 5. The first-order valence-electron chi connectivity index (χ1n) is 18.7. The number of carbonyl (C=O) groups excluding carboxylic acids is 5. The normalized spacial score (nSPS) is 14.7. The molecule has 0 aliphatic heterocycles. The van der Waals surface area contributed by atoms with Crippen molar-refractivity contribution in [3.8, 4) is 5.75 Å². The lowest BCUT2D eigenvalue weighted by Crippen LogP contribution is -2.58. The smallest absolute Gasteiger partial charge is 0.258 e. The third-order valence-corrected chi connectivity index (χ3v) is 9.21. The zero-order valence-electron chi connectivity index (χ0n) is 32.7. The van der Waals surface area contributed by atoms with Crippen LogP contribution in [-0.2, 0) is 25.6 Å². The lowest BCUT2D eigenvalue weighted by Gasteiger charge is -2.29. The van der Waals surface area contributed by atoms with E-state index in [0.29, 0.717) is 19.4 Å². The molecule has 0 fully saturated rings. The number of aromatic hydroxyl groups is 1. The summed E-state index contributed by atoms with van der Waals surface area (Å²) in [4.78, 5) is 66.4. The Morgan fingerprint density at radius 2 is 1.31 bits per heavy atom. The molecule has 0 radical (unpaired) electrons. The fraction of sp³-hybridized carbons (Fsp3) is 0.564. The van der Waals surface area contributed by atoms with Gasteiger partial charge in [-0.1, -0.05) is 78.3 Å². The van der Waals surface area contributed by atoms with E-state index >= 15 is 0 Å². The predicted octanol–water partition coefficient (Wildman–Crippen LogP) is 4.00. The molecule has 306 valence electrons. The van der Waals surface area contributed by atoms with E-state index in [-0.39, 0.29) is 37.1 Å². The maximum atomic E-state index is 14.6. The molecule has 0 bridgehead atoms. The monoisotopic (exact) mass is 780 g/mol. The largest absolute Gasteiger partial charge is 0.503 e. The molecule has 2 aromatic rings. The number of phenolic OH excluding ortho intramolecular Hbond substituents is 1. The Hall–Kier alpha value is -4.73. The maximum absolute atomic E-state index is 14.6. The molecule has 0 aromatic heterocycles. The summed E-state index contributed by atoms with van der Waals surface area (Å²) in [6.07, 6.45) is 1.17. The Kier molecular flexibility index (Phi) is 18.6. The number of nitrogens with one attached hydrogen (secondary N) is 6. The van der Waals surface area contributed by atoms with Gasteiger partial charge >= 0.3 is 0 Å². The van der Waals surface area contributed by atoms with Gasteiger partial charge in [-0.15, -0.1) is 0 Å². The molecule has 55 heavy (non-hydrogen) atoms. The molecule has 0 saturated carbocycles. The van der Waals surface area contributed by atoms with Gasteiger partial charge in [-0.3, -0.25) is 24.0 Å². The van der Waals surface area contributed by atoms with E-state index in [0.717, 1.165) is 5.56 Å². The second kappa shape index (κ2) is 22.0. The first-order chi connectivity index (χ1) is 25.8. The van der Waals surface area contributed by atoms with Crippen LogP contribution in [0.15, 0.2) is 30.3 Å². The Labute approximate surface area is 320 Å². The zero-order chi connectivity index (χ0) is 41.6. The molecule has 16 heteroatoms. The van der Waals surface area contributed by atoms with Crippen molar-refractivity contribution in [2.75, 3.05) is 13.1 Å². The van der Waals surface area contributed by atoms with Crippen molar-refractivity contribution in [3.63, 3.8) is 0 Å². The molecule has 7 N–H and O–H groups in total. The van der Waals surface area contributed by atoms with Crippen LogP contribution in [0.2, 0.25) is 0 Å². The average molecular weight is 781 g/mol. The predicted molar refractivity (Wildman–Crippen MR) is 200 cm³/mol. The van der Waals surface area contributed by atoms with Crippen LogP contribution >= 0.6 is 0 Å². The molecule has 2 aromatic carbocycles. The van der Waals surface area contributed by atoms with Crippen LogP contribution in [0, 0.1) is 41.0 Å². The van der Waals surface area contributed by atoms with Gasteiger partial charge in [0.1, 0.15) is 23.7 Å². The van der Waals surface area contributed by atoms with E-state index in [1.54, 1.807) is 27.7 Å². The summed E-state index contributed by atoms with van der Waals surface area (Å²) in [6.45, 7) is 14.7. The molecule has 0 saturated heterocycles. The van der Waals surface area contributed by atoms with Gasteiger partial charge in [-0.25, -0.2) is 8.78 Å². The minimum atomic E-state index is -2.18. The summed E-state index contributed by atoms with van der Waals surface area (Å²) in [6, 6.07) is 4.40. The van der Waals surface area contributed by atoms with Gasteiger partial charge in [0.05, 0.1) is 6.04 Å². The Balaban J connectivity index is 2.33. The van der Waals surface area contributed by atoms with Gasteiger partial charge in [-0.05, 0) is 56.4 Å². The SMILES string of the molecule is CCNC(=O)[C@@H](NC(=O)[C@H](C)NC[C@H](CC(C)C)NC(=O)[C@H](CCc1ccccc1)NC(=O)[C@@H](NC(=O)c1c(F)c(F)c(O)c(F)c1F)[C@@H](C)CC)C(C)C. The van der Waals surface area contributed by atoms with Crippen LogP contribution < -0.4 is 31.9 Å². The van der Waals surface area contributed by atoms with Crippen LogP contribution in [0.4, 0.5) is 17.6 Å². The first-order valence-corrected chi connectivity index (χ1v) is 18.7. The van der Waals surface area contributed by atoms with E-state index < -0.39 is 94.3 Å². The van der Waals surface area contributed by atoms with E-state index in [1.807, 2.05) is 58.0 Å².